The van der Waals surface area contributed by atoms with E-state index in [4.69, 9.17) is 4.74 Å². The molecule has 6 heteroatoms. The first-order valence-electron chi connectivity index (χ1n) is 9.68. The number of rotatable bonds is 7. The first-order chi connectivity index (χ1) is 13.7. The number of imide groups is 1. The van der Waals surface area contributed by atoms with Gasteiger partial charge in [0.15, 0.2) is 0 Å². The van der Waals surface area contributed by atoms with Gasteiger partial charge in [0.2, 0.25) is 0 Å². The SMILES string of the molecule is C=C(C)C(=O)OCCN(C)c1ccc2c3c(cccc13)C(=O)N(CC(C)C)C2=O. The molecular weight excluding hydrogens is 368 g/mol. The van der Waals surface area contributed by atoms with Gasteiger partial charge in [0.1, 0.15) is 6.61 Å². The average Bonchev–Trinajstić information content (AvgIpc) is 2.68. The van der Waals surface area contributed by atoms with E-state index in [2.05, 4.69) is 6.58 Å². The topological polar surface area (TPSA) is 66.9 Å². The fourth-order valence-electron chi connectivity index (χ4n) is 3.51. The summed E-state index contributed by atoms with van der Waals surface area (Å²) in [5.74, 6) is -0.735. The summed E-state index contributed by atoms with van der Waals surface area (Å²) in [6, 6.07) is 9.17. The minimum Gasteiger partial charge on any atom is -0.460 e. The maximum absolute atomic E-state index is 13.0. The number of anilines is 1. The van der Waals surface area contributed by atoms with E-state index in [0.29, 0.717) is 35.2 Å². The molecule has 6 nitrogen and oxygen atoms in total. The molecule has 0 saturated heterocycles. The van der Waals surface area contributed by atoms with Crippen LogP contribution in [0.25, 0.3) is 10.8 Å². The average molecular weight is 394 g/mol. The monoisotopic (exact) mass is 394 g/mol. The van der Waals surface area contributed by atoms with Crippen LogP contribution in [0.1, 0.15) is 41.5 Å². The van der Waals surface area contributed by atoms with E-state index in [0.717, 1.165) is 11.1 Å². The highest BCUT2D eigenvalue weighted by Gasteiger charge is 2.33. The van der Waals surface area contributed by atoms with Crippen molar-refractivity contribution in [2.45, 2.75) is 20.8 Å². The number of likely N-dealkylation sites (N-methyl/N-ethyl adjacent to an activating group) is 1. The summed E-state index contributed by atoms with van der Waals surface area (Å²) in [5, 5.41) is 1.52. The van der Waals surface area contributed by atoms with Crippen LogP contribution in [0.5, 0.6) is 0 Å². The Labute approximate surface area is 170 Å². The zero-order valence-electron chi connectivity index (χ0n) is 17.3. The summed E-state index contributed by atoms with van der Waals surface area (Å²) in [5.41, 5.74) is 2.32. The number of esters is 1. The summed E-state index contributed by atoms with van der Waals surface area (Å²) in [6.07, 6.45) is 0. The third kappa shape index (κ3) is 3.88. The lowest BCUT2D eigenvalue weighted by molar-refractivity contribution is -0.138. The standard InChI is InChI=1S/C23H26N2O4/c1-14(2)13-25-21(26)17-8-6-7-16-19(10-9-18(20(16)17)22(25)27)24(5)11-12-29-23(28)15(3)4/h6-10,14H,3,11-13H2,1-2,4-5H3. The molecule has 0 spiro atoms. The summed E-state index contributed by atoms with van der Waals surface area (Å²) in [4.78, 5) is 40.8. The predicted molar refractivity (Wildman–Crippen MR) is 113 cm³/mol. The third-order valence-corrected chi connectivity index (χ3v) is 4.94. The molecule has 2 amide bonds. The van der Waals surface area contributed by atoms with Gasteiger partial charge in [0.25, 0.3) is 11.8 Å². The van der Waals surface area contributed by atoms with Gasteiger partial charge in [0, 0.05) is 46.8 Å². The Hall–Kier alpha value is -3.15. The quantitative estimate of drug-likeness (QED) is 0.407. The van der Waals surface area contributed by atoms with Crippen LogP contribution in [0.3, 0.4) is 0 Å². The van der Waals surface area contributed by atoms with Crippen LogP contribution in [0.15, 0.2) is 42.5 Å². The van der Waals surface area contributed by atoms with Crippen molar-refractivity contribution in [2.75, 3.05) is 31.6 Å². The molecule has 0 atom stereocenters. The van der Waals surface area contributed by atoms with Crippen LogP contribution in [0.4, 0.5) is 5.69 Å². The lowest BCUT2D eigenvalue weighted by Crippen LogP contribution is -2.42. The van der Waals surface area contributed by atoms with Crippen molar-refractivity contribution in [3.05, 3.63) is 53.6 Å². The number of hydrogen-bond donors (Lipinski definition) is 0. The Morgan fingerprint density at radius 3 is 2.41 bits per heavy atom. The Bertz CT molecular complexity index is 987. The molecule has 3 rings (SSSR count). The fraction of sp³-hybridized carbons (Fsp3) is 0.348. The van der Waals surface area contributed by atoms with Gasteiger partial charge in [-0.15, -0.1) is 0 Å². The van der Waals surface area contributed by atoms with Crippen LogP contribution in [0, 0.1) is 5.92 Å². The molecule has 0 N–H and O–H groups in total. The van der Waals surface area contributed by atoms with Crippen LogP contribution >= 0.6 is 0 Å². The van der Waals surface area contributed by atoms with Crippen molar-refractivity contribution in [1.29, 1.82) is 0 Å². The van der Waals surface area contributed by atoms with E-state index in [1.54, 1.807) is 19.1 Å². The Morgan fingerprint density at radius 1 is 1.14 bits per heavy atom. The third-order valence-electron chi connectivity index (χ3n) is 4.94. The van der Waals surface area contributed by atoms with Crippen LogP contribution in [-0.4, -0.2) is 49.4 Å². The molecule has 0 aliphatic carbocycles. The zero-order chi connectivity index (χ0) is 21.3. The van der Waals surface area contributed by atoms with Crippen LogP contribution < -0.4 is 4.90 Å². The summed E-state index contributed by atoms with van der Waals surface area (Å²) in [6.45, 7) is 10.2. The maximum atomic E-state index is 13.0. The molecule has 1 aliphatic rings. The van der Waals surface area contributed by atoms with Gasteiger partial charge in [-0.05, 0) is 31.0 Å². The van der Waals surface area contributed by atoms with Gasteiger partial charge in [-0.25, -0.2) is 4.79 Å². The van der Waals surface area contributed by atoms with Gasteiger partial charge in [-0.1, -0.05) is 32.6 Å². The highest BCUT2D eigenvalue weighted by Crippen LogP contribution is 2.35. The van der Waals surface area contributed by atoms with E-state index in [1.807, 2.05) is 44.0 Å². The molecule has 0 aromatic heterocycles. The van der Waals surface area contributed by atoms with E-state index in [1.165, 1.54) is 4.90 Å². The van der Waals surface area contributed by atoms with E-state index in [-0.39, 0.29) is 24.3 Å². The van der Waals surface area contributed by atoms with Gasteiger partial charge in [0.05, 0.1) is 6.54 Å². The predicted octanol–water partition coefficient (Wildman–Crippen LogP) is 3.65. The van der Waals surface area contributed by atoms with Crippen molar-refractivity contribution in [1.82, 2.24) is 4.90 Å². The number of benzene rings is 2. The lowest BCUT2D eigenvalue weighted by Gasteiger charge is -2.30. The molecular formula is C23H26N2O4. The van der Waals surface area contributed by atoms with Crippen LogP contribution in [0.2, 0.25) is 0 Å². The second kappa shape index (κ2) is 8.07. The molecule has 1 aliphatic heterocycles. The number of amides is 2. The molecule has 29 heavy (non-hydrogen) atoms. The number of nitrogens with zero attached hydrogens (tertiary/aromatic N) is 2. The van der Waals surface area contributed by atoms with Crippen molar-refractivity contribution in [3.63, 3.8) is 0 Å². The first-order valence-corrected chi connectivity index (χ1v) is 9.68. The first kappa shape index (κ1) is 20.6. The van der Waals surface area contributed by atoms with Crippen molar-refractivity contribution >= 4 is 34.2 Å². The second-order valence-electron chi connectivity index (χ2n) is 7.81. The number of ether oxygens (including phenoxy) is 1. The second-order valence-corrected chi connectivity index (χ2v) is 7.81. The summed E-state index contributed by atoms with van der Waals surface area (Å²) in [7, 11) is 1.89. The molecule has 0 bridgehead atoms. The molecule has 0 fully saturated rings. The molecule has 2 aromatic carbocycles. The van der Waals surface area contributed by atoms with E-state index < -0.39 is 5.97 Å². The molecule has 0 saturated carbocycles. The van der Waals surface area contributed by atoms with Crippen molar-refractivity contribution in [3.8, 4) is 0 Å². The molecule has 1 heterocycles. The van der Waals surface area contributed by atoms with Crippen LogP contribution in [-0.2, 0) is 9.53 Å². The molecule has 152 valence electrons. The summed E-state index contributed by atoms with van der Waals surface area (Å²) < 4.78 is 5.18. The largest absolute Gasteiger partial charge is 0.460 e. The highest BCUT2D eigenvalue weighted by atomic mass is 16.5. The lowest BCUT2D eigenvalue weighted by atomic mass is 9.92. The van der Waals surface area contributed by atoms with Gasteiger partial charge < -0.3 is 9.64 Å². The Balaban J connectivity index is 1.94. The Morgan fingerprint density at radius 2 is 1.79 bits per heavy atom. The number of hydrogen-bond acceptors (Lipinski definition) is 5. The van der Waals surface area contributed by atoms with E-state index >= 15 is 0 Å². The smallest absolute Gasteiger partial charge is 0.333 e. The summed E-state index contributed by atoms with van der Waals surface area (Å²) >= 11 is 0. The number of carbonyl (C=O) groups is 3. The molecule has 2 aromatic rings. The van der Waals surface area contributed by atoms with Crippen molar-refractivity contribution in [2.24, 2.45) is 5.92 Å². The van der Waals surface area contributed by atoms with Gasteiger partial charge >= 0.3 is 5.97 Å². The maximum Gasteiger partial charge on any atom is 0.333 e. The highest BCUT2D eigenvalue weighted by molar-refractivity contribution is 6.26. The minimum atomic E-state index is -0.420. The molecule has 0 unspecified atom stereocenters. The van der Waals surface area contributed by atoms with Crippen molar-refractivity contribution < 1.29 is 19.1 Å². The Kier molecular flexibility index (Phi) is 5.73. The number of carbonyl (C=O) groups excluding carboxylic acids is 3. The van der Waals surface area contributed by atoms with Gasteiger partial charge in [-0.2, -0.15) is 0 Å². The normalized spacial score (nSPS) is 13.2. The minimum absolute atomic E-state index is 0.191. The zero-order valence-corrected chi connectivity index (χ0v) is 17.3. The molecule has 0 radical (unpaired) electrons. The van der Waals surface area contributed by atoms with E-state index in [9.17, 15) is 14.4 Å². The van der Waals surface area contributed by atoms with Gasteiger partial charge in [-0.3, -0.25) is 14.5 Å². The fourth-order valence-corrected chi connectivity index (χ4v) is 3.51.